The Balaban J connectivity index is 1.68. The molecular formula is C18H19FN2O4. The van der Waals surface area contributed by atoms with Gasteiger partial charge in [0, 0.05) is 12.7 Å². The lowest BCUT2D eigenvalue weighted by atomic mass is 10.1. The third kappa shape index (κ3) is 4.21. The number of nitrogens with one attached hydrogen (secondary N) is 2. The molecule has 1 heterocycles. The van der Waals surface area contributed by atoms with Crippen LogP contribution in [-0.4, -0.2) is 26.3 Å². The number of benzene rings is 2. The molecule has 1 aliphatic heterocycles. The number of hydroxylamine groups is 1. The van der Waals surface area contributed by atoms with Gasteiger partial charge in [-0.25, -0.2) is 9.18 Å². The third-order valence-electron chi connectivity index (χ3n) is 3.79. The summed E-state index contributed by atoms with van der Waals surface area (Å²) in [7, 11) is 1.54. The molecule has 2 unspecified atom stereocenters. The van der Waals surface area contributed by atoms with Crippen molar-refractivity contribution in [3.8, 4) is 0 Å². The van der Waals surface area contributed by atoms with Crippen molar-refractivity contribution in [2.24, 2.45) is 0 Å². The van der Waals surface area contributed by atoms with Gasteiger partial charge >= 0.3 is 5.97 Å². The Hall–Kier alpha value is -2.32. The summed E-state index contributed by atoms with van der Waals surface area (Å²) in [6, 6.07) is 13.4. The summed E-state index contributed by atoms with van der Waals surface area (Å²) in [5, 5.41) is 3.14. The summed E-state index contributed by atoms with van der Waals surface area (Å²) in [6.07, 6.45) is -1.00. The molecule has 0 spiro atoms. The smallest absolute Gasteiger partial charge is 0.338 e. The van der Waals surface area contributed by atoms with Crippen molar-refractivity contribution in [1.82, 2.24) is 10.8 Å². The number of hydrogen-bond acceptors (Lipinski definition) is 6. The predicted octanol–water partition coefficient (Wildman–Crippen LogP) is 2.45. The van der Waals surface area contributed by atoms with E-state index in [9.17, 15) is 9.18 Å². The minimum atomic E-state index is -0.622. The van der Waals surface area contributed by atoms with E-state index < -0.39 is 12.2 Å². The van der Waals surface area contributed by atoms with Crippen molar-refractivity contribution < 1.29 is 23.5 Å². The SMILES string of the molecule is COCCOC(=O)c1cccc(C2NOC(c3ccccc3F)N2)c1. The molecule has 0 bridgehead atoms. The van der Waals surface area contributed by atoms with E-state index in [0.717, 1.165) is 5.56 Å². The molecule has 1 fully saturated rings. The van der Waals surface area contributed by atoms with E-state index in [4.69, 9.17) is 14.3 Å². The second-order valence-corrected chi connectivity index (χ2v) is 5.49. The number of halogens is 1. The lowest BCUT2D eigenvalue weighted by Crippen LogP contribution is -2.23. The summed E-state index contributed by atoms with van der Waals surface area (Å²) in [5.74, 6) is -0.776. The molecule has 2 aromatic rings. The zero-order valence-corrected chi connectivity index (χ0v) is 13.7. The van der Waals surface area contributed by atoms with Gasteiger partial charge in [0.25, 0.3) is 0 Å². The number of rotatable bonds is 6. The number of methoxy groups -OCH3 is 1. The van der Waals surface area contributed by atoms with Gasteiger partial charge in [0.15, 0.2) is 6.23 Å². The van der Waals surface area contributed by atoms with Gasteiger partial charge in [0.1, 0.15) is 18.6 Å². The van der Waals surface area contributed by atoms with E-state index in [1.807, 2.05) is 6.07 Å². The lowest BCUT2D eigenvalue weighted by Gasteiger charge is -2.13. The predicted molar refractivity (Wildman–Crippen MR) is 87.8 cm³/mol. The normalized spacial score (nSPS) is 19.8. The highest BCUT2D eigenvalue weighted by Crippen LogP contribution is 2.26. The highest BCUT2D eigenvalue weighted by Gasteiger charge is 2.28. The highest BCUT2D eigenvalue weighted by atomic mass is 19.1. The van der Waals surface area contributed by atoms with Gasteiger partial charge < -0.3 is 9.47 Å². The fourth-order valence-electron chi connectivity index (χ4n) is 2.51. The summed E-state index contributed by atoms with van der Waals surface area (Å²) in [5.41, 5.74) is 4.43. The molecule has 2 N–H and O–H groups in total. The van der Waals surface area contributed by atoms with Crippen molar-refractivity contribution in [2.45, 2.75) is 12.4 Å². The number of carbonyl (C=O) groups is 1. The highest BCUT2D eigenvalue weighted by molar-refractivity contribution is 5.89. The number of esters is 1. The molecule has 0 saturated carbocycles. The van der Waals surface area contributed by atoms with Gasteiger partial charge in [0.05, 0.1) is 12.2 Å². The fraction of sp³-hybridized carbons (Fsp3) is 0.278. The summed E-state index contributed by atoms with van der Waals surface area (Å²) in [6.45, 7) is 0.535. The van der Waals surface area contributed by atoms with Crippen LogP contribution >= 0.6 is 0 Å². The standard InChI is InChI=1S/C18H19FN2O4/c1-23-9-10-24-18(22)13-6-4-5-12(11-13)16-20-17(25-21-16)14-7-2-3-8-15(14)19/h2-8,11,16-17,20-21H,9-10H2,1H3. The minimum Gasteiger partial charge on any atom is -0.460 e. The van der Waals surface area contributed by atoms with Crippen LogP contribution in [0.3, 0.4) is 0 Å². The molecule has 3 rings (SSSR count). The lowest BCUT2D eigenvalue weighted by molar-refractivity contribution is 0.0195. The molecule has 2 atom stereocenters. The Morgan fingerprint density at radius 2 is 2.04 bits per heavy atom. The second-order valence-electron chi connectivity index (χ2n) is 5.49. The van der Waals surface area contributed by atoms with Crippen LogP contribution in [0.5, 0.6) is 0 Å². The third-order valence-corrected chi connectivity index (χ3v) is 3.79. The van der Waals surface area contributed by atoms with Gasteiger partial charge in [-0.1, -0.05) is 30.3 Å². The maximum atomic E-state index is 13.9. The number of hydrogen-bond donors (Lipinski definition) is 2. The maximum absolute atomic E-state index is 13.9. The topological polar surface area (TPSA) is 68.8 Å². The van der Waals surface area contributed by atoms with Crippen LogP contribution in [0.4, 0.5) is 4.39 Å². The average Bonchev–Trinajstić information content (AvgIpc) is 3.12. The summed E-state index contributed by atoms with van der Waals surface area (Å²) in [4.78, 5) is 17.5. The van der Waals surface area contributed by atoms with E-state index in [0.29, 0.717) is 17.7 Å². The monoisotopic (exact) mass is 346 g/mol. The van der Waals surface area contributed by atoms with Crippen molar-refractivity contribution in [1.29, 1.82) is 0 Å². The van der Waals surface area contributed by atoms with E-state index >= 15 is 0 Å². The van der Waals surface area contributed by atoms with E-state index in [1.54, 1.807) is 36.4 Å². The Labute approximate surface area is 144 Å². The van der Waals surface area contributed by atoms with Crippen LogP contribution in [-0.2, 0) is 14.3 Å². The van der Waals surface area contributed by atoms with Crippen LogP contribution in [0.2, 0.25) is 0 Å². The zero-order valence-electron chi connectivity index (χ0n) is 13.7. The summed E-state index contributed by atoms with van der Waals surface area (Å²) < 4.78 is 23.8. The maximum Gasteiger partial charge on any atom is 0.338 e. The first kappa shape index (κ1) is 17.5. The van der Waals surface area contributed by atoms with Crippen LogP contribution in [0.25, 0.3) is 0 Å². The van der Waals surface area contributed by atoms with Gasteiger partial charge in [0.2, 0.25) is 0 Å². The molecule has 0 aliphatic carbocycles. The number of carbonyl (C=O) groups excluding carboxylic acids is 1. The van der Waals surface area contributed by atoms with Crippen molar-refractivity contribution in [3.05, 3.63) is 71.0 Å². The van der Waals surface area contributed by atoms with Gasteiger partial charge in [-0.2, -0.15) is 5.48 Å². The molecule has 0 aromatic heterocycles. The Morgan fingerprint density at radius 3 is 2.84 bits per heavy atom. The van der Waals surface area contributed by atoms with Crippen LogP contribution in [0.15, 0.2) is 48.5 Å². The van der Waals surface area contributed by atoms with Crippen molar-refractivity contribution >= 4 is 5.97 Å². The van der Waals surface area contributed by atoms with Crippen molar-refractivity contribution in [3.63, 3.8) is 0 Å². The quantitative estimate of drug-likeness (QED) is 0.619. The summed E-state index contributed by atoms with van der Waals surface area (Å²) >= 11 is 0. The van der Waals surface area contributed by atoms with Crippen LogP contribution in [0, 0.1) is 5.82 Å². The molecule has 7 heteroatoms. The molecule has 0 radical (unpaired) electrons. The molecular weight excluding hydrogens is 327 g/mol. The van der Waals surface area contributed by atoms with E-state index in [1.165, 1.54) is 13.2 Å². The molecule has 1 saturated heterocycles. The fourth-order valence-corrected chi connectivity index (χ4v) is 2.51. The largest absolute Gasteiger partial charge is 0.460 e. The number of ether oxygens (including phenoxy) is 2. The van der Waals surface area contributed by atoms with Gasteiger partial charge in [-0.05, 0) is 23.8 Å². The molecule has 0 amide bonds. The van der Waals surface area contributed by atoms with Crippen molar-refractivity contribution in [2.75, 3.05) is 20.3 Å². The molecule has 1 aliphatic rings. The molecule has 6 nitrogen and oxygen atoms in total. The first-order chi connectivity index (χ1) is 12.2. The first-order valence-electron chi connectivity index (χ1n) is 7.86. The molecule has 132 valence electrons. The van der Waals surface area contributed by atoms with Crippen LogP contribution in [0.1, 0.15) is 33.9 Å². The van der Waals surface area contributed by atoms with Crippen LogP contribution < -0.4 is 10.8 Å². The zero-order chi connectivity index (χ0) is 17.6. The molecule has 2 aromatic carbocycles. The van der Waals surface area contributed by atoms with E-state index in [-0.39, 0.29) is 18.6 Å². The Morgan fingerprint density at radius 1 is 1.20 bits per heavy atom. The first-order valence-corrected chi connectivity index (χ1v) is 7.86. The molecule has 25 heavy (non-hydrogen) atoms. The average molecular weight is 346 g/mol. The minimum absolute atomic E-state index is 0.192. The Kier molecular flexibility index (Phi) is 5.72. The second kappa shape index (κ2) is 8.17. The van der Waals surface area contributed by atoms with E-state index in [2.05, 4.69) is 10.8 Å². The van der Waals surface area contributed by atoms with Gasteiger partial charge in [-0.15, -0.1) is 0 Å². The Bertz CT molecular complexity index is 741. The van der Waals surface area contributed by atoms with Gasteiger partial charge in [-0.3, -0.25) is 10.2 Å².